The molecule has 1 aromatic carbocycles. The van der Waals surface area contributed by atoms with Gasteiger partial charge in [-0.25, -0.2) is 4.68 Å². The zero-order valence-corrected chi connectivity index (χ0v) is 15.0. The Morgan fingerprint density at radius 2 is 1.91 bits per heavy atom. The summed E-state index contributed by atoms with van der Waals surface area (Å²) in [6.45, 7) is 11.8. The number of hydrogen-bond acceptors (Lipinski definition) is 4. The minimum absolute atomic E-state index is 0.0921. The van der Waals surface area contributed by atoms with Crippen molar-refractivity contribution in [2.75, 3.05) is 19.6 Å². The average Bonchev–Trinajstić information content (AvgIpc) is 3.04. The van der Waals surface area contributed by atoms with Gasteiger partial charge in [0.15, 0.2) is 5.82 Å². The third-order valence-electron chi connectivity index (χ3n) is 4.95. The van der Waals surface area contributed by atoms with E-state index in [1.807, 2.05) is 25.6 Å². The molecule has 2 unspecified atom stereocenters. The van der Waals surface area contributed by atoms with Crippen LogP contribution in [0.4, 0.5) is 0 Å². The Labute approximate surface area is 139 Å². The zero-order chi connectivity index (χ0) is 16.9. The van der Waals surface area contributed by atoms with E-state index in [4.69, 9.17) is 0 Å². The maximum Gasteiger partial charge on any atom is 0.161 e. The summed E-state index contributed by atoms with van der Waals surface area (Å²) in [5, 5.41) is 12.3. The third-order valence-corrected chi connectivity index (χ3v) is 4.95. The van der Waals surface area contributed by atoms with E-state index in [9.17, 15) is 0 Å². The fourth-order valence-electron chi connectivity index (χ4n) is 3.74. The molecular weight excluding hydrogens is 286 g/mol. The lowest BCUT2D eigenvalue weighted by Gasteiger charge is -2.45. The number of nitrogens with zero attached hydrogens (tertiary/aromatic N) is 5. The monoisotopic (exact) mass is 315 g/mol. The lowest BCUT2D eigenvalue weighted by Crippen LogP contribution is -2.50. The van der Waals surface area contributed by atoms with E-state index in [2.05, 4.69) is 64.6 Å². The van der Waals surface area contributed by atoms with Crippen LogP contribution in [0.3, 0.4) is 0 Å². The van der Waals surface area contributed by atoms with Crippen molar-refractivity contribution in [3.63, 3.8) is 0 Å². The fraction of sp³-hybridized carbons (Fsp3) is 0.611. The van der Waals surface area contributed by atoms with Crippen molar-refractivity contribution >= 4 is 0 Å². The first-order chi connectivity index (χ1) is 11.2. The largest absolute Gasteiger partial charge is 0.303 e. The third kappa shape index (κ3) is 3.15. The summed E-state index contributed by atoms with van der Waals surface area (Å²) >= 11 is 0. The van der Waals surface area contributed by atoms with Gasteiger partial charge in [0, 0.05) is 13.6 Å². The number of aryl methyl sites for hydroxylation is 1. The summed E-state index contributed by atoms with van der Waals surface area (Å²) in [7, 11) is 1.94. The number of piperidine rings is 1. The van der Waals surface area contributed by atoms with E-state index in [0.29, 0.717) is 5.92 Å². The van der Waals surface area contributed by atoms with Crippen LogP contribution in [-0.4, -0.2) is 44.7 Å². The van der Waals surface area contributed by atoms with Crippen molar-refractivity contribution in [3.05, 3.63) is 41.7 Å². The second kappa shape index (κ2) is 7.68. The Bertz CT molecular complexity index is 594. The molecule has 0 amide bonds. The Kier molecular flexibility index (Phi) is 5.88. The van der Waals surface area contributed by atoms with Crippen LogP contribution in [0.5, 0.6) is 0 Å². The summed E-state index contributed by atoms with van der Waals surface area (Å²) in [4.78, 5) is 2.51. The smallest absolute Gasteiger partial charge is 0.161 e. The first-order valence-electron chi connectivity index (χ1n) is 8.69. The van der Waals surface area contributed by atoms with Crippen molar-refractivity contribution in [3.8, 4) is 0 Å². The molecule has 0 aliphatic carbocycles. The lowest BCUT2D eigenvalue weighted by atomic mass is 9.66. The molecule has 126 valence electrons. The van der Waals surface area contributed by atoms with Crippen LogP contribution in [0.2, 0.25) is 0 Å². The van der Waals surface area contributed by atoms with Crippen molar-refractivity contribution in [1.29, 1.82) is 0 Å². The zero-order valence-electron chi connectivity index (χ0n) is 15.0. The maximum absolute atomic E-state index is 4.37. The highest BCUT2D eigenvalue weighted by Crippen LogP contribution is 2.43. The molecule has 5 nitrogen and oxygen atoms in total. The molecule has 0 bridgehead atoms. The van der Waals surface area contributed by atoms with Crippen LogP contribution < -0.4 is 0 Å². The van der Waals surface area contributed by atoms with E-state index in [1.54, 1.807) is 0 Å². The topological polar surface area (TPSA) is 46.8 Å². The van der Waals surface area contributed by atoms with E-state index in [1.165, 1.54) is 5.56 Å². The molecule has 0 radical (unpaired) electrons. The molecule has 0 saturated carbocycles. The summed E-state index contributed by atoms with van der Waals surface area (Å²) in [5.41, 5.74) is 1.23. The molecular formula is C18H29N5. The molecule has 1 aliphatic rings. The molecule has 1 aliphatic heterocycles. The average molecular weight is 315 g/mol. The number of rotatable bonds is 3. The lowest BCUT2D eigenvalue weighted by molar-refractivity contribution is 0.121. The quantitative estimate of drug-likeness (QED) is 0.874. The van der Waals surface area contributed by atoms with Crippen LogP contribution in [0.15, 0.2) is 30.3 Å². The predicted molar refractivity (Wildman–Crippen MR) is 93.3 cm³/mol. The molecule has 0 N–H and O–H groups in total. The van der Waals surface area contributed by atoms with Gasteiger partial charge in [0.1, 0.15) is 0 Å². The van der Waals surface area contributed by atoms with Gasteiger partial charge in [-0.2, -0.15) is 0 Å². The number of likely N-dealkylation sites (tertiary alicyclic amines) is 1. The summed E-state index contributed by atoms with van der Waals surface area (Å²) in [5.74, 6) is 1.45. The van der Waals surface area contributed by atoms with Crippen LogP contribution in [0, 0.1) is 5.92 Å². The van der Waals surface area contributed by atoms with Crippen molar-refractivity contribution in [1.82, 2.24) is 25.1 Å². The minimum atomic E-state index is -0.0921. The minimum Gasteiger partial charge on any atom is -0.303 e. The van der Waals surface area contributed by atoms with Gasteiger partial charge in [-0.3, -0.25) is 0 Å². The SMILES string of the molecule is CC.CCN1CCC(c2ccccc2)(c2nnnn2C)C(C)C1. The van der Waals surface area contributed by atoms with Gasteiger partial charge in [0.05, 0.1) is 5.41 Å². The normalized spacial score (nSPS) is 24.8. The molecule has 5 heteroatoms. The van der Waals surface area contributed by atoms with Crippen LogP contribution in [-0.2, 0) is 12.5 Å². The molecule has 2 heterocycles. The molecule has 2 aromatic rings. The Hall–Kier alpha value is -1.75. The van der Waals surface area contributed by atoms with Gasteiger partial charge in [0.25, 0.3) is 0 Å². The molecule has 1 fully saturated rings. The maximum atomic E-state index is 4.37. The highest BCUT2D eigenvalue weighted by molar-refractivity contribution is 5.35. The highest BCUT2D eigenvalue weighted by Gasteiger charge is 2.46. The molecule has 1 aromatic heterocycles. The fourth-order valence-corrected chi connectivity index (χ4v) is 3.74. The van der Waals surface area contributed by atoms with E-state index >= 15 is 0 Å². The van der Waals surface area contributed by atoms with Crippen LogP contribution >= 0.6 is 0 Å². The first kappa shape index (κ1) is 17.6. The van der Waals surface area contributed by atoms with Crippen LogP contribution in [0.1, 0.15) is 45.5 Å². The van der Waals surface area contributed by atoms with Crippen LogP contribution in [0.25, 0.3) is 0 Å². The van der Waals surface area contributed by atoms with E-state index in [0.717, 1.165) is 31.9 Å². The number of benzene rings is 1. The Morgan fingerprint density at radius 3 is 2.43 bits per heavy atom. The predicted octanol–water partition coefficient (Wildman–Crippen LogP) is 2.88. The van der Waals surface area contributed by atoms with E-state index in [-0.39, 0.29) is 5.41 Å². The first-order valence-corrected chi connectivity index (χ1v) is 8.69. The number of tetrazole rings is 1. The molecule has 3 rings (SSSR count). The summed E-state index contributed by atoms with van der Waals surface area (Å²) in [6.07, 6.45) is 1.06. The van der Waals surface area contributed by atoms with Gasteiger partial charge in [-0.15, -0.1) is 5.10 Å². The van der Waals surface area contributed by atoms with Gasteiger partial charge in [-0.1, -0.05) is 58.0 Å². The van der Waals surface area contributed by atoms with Crippen molar-refractivity contribution in [2.45, 2.75) is 39.5 Å². The van der Waals surface area contributed by atoms with Gasteiger partial charge < -0.3 is 4.90 Å². The highest BCUT2D eigenvalue weighted by atomic mass is 15.5. The van der Waals surface area contributed by atoms with Crippen molar-refractivity contribution in [2.24, 2.45) is 13.0 Å². The van der Waals surface area contributed by atoms with Crippen molar-refractivity contribution < 1.29 is 0 Å². The van der Waals surface area contributed by atoms with E-state index < -0.39 is 0 Å². The molecule has 0 spiro atoms. The molecule has 23 heavy (non-hydrogen) atoms. The van der Waals surface area contributed by atoms with Gasteiger partial charge >= 0.3 is 0 Å². The Balaban J connectivity index is 0.000000924. The number of aromatic nitrogens is 4. The Morgan fingerprint density at radius 1 is 1.22 bits per heavy atom. The van der Waals surface area contributed by atoms with Gasteiger partial charge in [-0.05, 0) is 41.4 Å². The summed E-state index contributed by atoms with van der Waals surface area (Å²) in [6, 6.07) is 10.7. The number of hydrogen-bond donors (Lipinski definition) is 0. The van der Waals surface area contributed by atoms with Gasteiger partial charge in [0.2, 0.25) is 0 Å². The second-order valence-corrected chi connectivity index (χ2v) is 6.01. The second-order valence-electron chi connectivity index (χ2n) is 6.01. The summed E-state index contributed by atoms with van der Waals surface area (Å²) < 4.78 is 1.84. The standard InChI is InChI=1S/C16H23N5.C2H6/c1-4-21-11-10-16(13(2)12-21,14-8-6-5-7-9-14)15-17-18-19-20(15)3;1-2/h5-9,13H,4,10-12H2,1-3H3;1-2H3. The molecule has 2 atom stereocenters. The molecule has 1 saturated heterocycles.